The van der Waals surface area contributed by atoms with Gasteiger partial charge in [0.25, 0.3) is 0 Å². The molecule has 0 saturated heterocycles. The van der Waals surface area contributed by atoms with E-state index in [0.717, 1.165) is 6.54 Å². The van der Waals surface area contributed by atoms with E-state index in [9.17, 15) is 0 Å². The largest absolute Gasteiger partial charge is 0.337 e. The average Bonchev–Trinajstić information content (AvgIpc) is 3.06. The first-order valence-corrected chi connectivity index (χ1v) is 9.55. The van der Waals surface area contributed by atoms with Crippen LogP contribution in [-0.4, -0.2) is 4.57 Å². The van der Waals surface area contributed by atoms with Gasteiger partial charge in [-0.25, -0.2) is 9.13 Å². The Kier molecular flexibility index (Phi) is 9.25. The Labute approximate surface area is 147 Å². The van der Waals surface area contributed by atoms with Crippen molar-refractivity contribution >= 4 is 0 Å². The van der Waals surface area contributed by atoms with Gasteiger partial charge in [0.1, 0.15) is 12.4 Å². The van der Waals surface area contributed by atoms with Gasteiger partial charge in [0.05, 0.1) is 13.2 Å². The number of nitrogens with zero attached hydrogens (tertiary/aromatic N) is 2. The predicted molar refractivity (Wildman–Crippen MR) is 98.5 cm³/mol. The third kappa shape index (κ3) is 7.78. The van der Waals surface area contributed by atoms with Crippen molar-refractivity contribution in [2.45, 2.75) is 78.2 Å². The summed E-state index contributed by atoms with van der Waals surface area (Å²) >= 11 is 0. The van der Waals surface area contributed by atoms with Gasteiger partial charge < -0.3 is 4.74 Å². The molecule has 3 heteroatoms. The molecule has 2 aromatic rings. The lowest BCUT2D eigenvalue weighted by Crippen LogP contribution is -2.32. The van der Waals surface area contributed by atoms with E-state index in [-0.39, 0.29) is 0 Å². The van der Waals surface area contributed by atoms with Crippen molar-refractivity contribution < 1.29 is 9.30 Å². The standard InChI is InChI=1S/C21H33N2O/c1-2-3-4-5-6-7-8-12-15-22-16-17-23(19-22)20-24-18-21-13-10-9-11-14-21/h9-11,13-14,16-17,19H,2-8,12,15,18,20H2,1H3/q+1. The number of benzene rings is 1. The summed E-state index contributed by atoms with van der Waals surface area (Å²) < 4.78 is 10.1. The number of imidazole rings is 1. The lowest BCUT2D eigenvalue weighted by atomic mass is 10.1. The van der Waals surface area contributed by atoms with Crippen LogP contribution >= 0.6 is 0 Å². The highest BCUT2D eigenvalue weighted by Crippen LogP contribution is 2.09. The Hall–Kier alpha value is -1.61. The second kappa shape index (κ2) is 11.9. The molecule has 0 fully saturated rings. The number of hydrogen-bond donors (Lipinski definition) is 0. The van der Waals surface area contributed by atoms with Crippen LogP contribution in [0.5, 0.6) is 0 Å². The molecule has 0 radical (unpaired) electrons. The van der Waals surface area contributed by atoms with E-state index in [1.54, 1.807) is 0 Å². The van der Waals surface area contributed by atoms with Crippen LogP contribution in [0, 0.1) is 0 Å². The SMILES string of the molecule is CCCCCCCCCCn1cc[n+](COCc2ccccc2)c1. The fourth-order valence-corrected chi connectivity index (χ4v) is 2.92. The van der Waals surface area contributed by atoms with E-state index in [1.165, 1.54) is 56.9 Å². The third-order valence-electron chi connectivity index (χ3n) is 4.37. The van der Waals surface area contributed by atoms with Crippen molar-refractivity contribution in [3.8, 4) is 0 Å². The number of unbranched alkanes of at least 4 members (excludes halogenated alkanes) is 7. The first-order valence-electron chi connectivity index (χ1n) is 9.55. The van der Waals surface area contributed by atoms with Gasteiger partial charge in [0.15, 0.2) is 6.73 Å². The van der Waals surface area contributed by atoms with Crippen LogP contribution in [0.4, 0.5) is 0 Å². The Balaban J connectivity index is 1.53. The summed E-state index contributed by atoms with van der Waals surface area (Å²) in [7, 11) is 0. The van der Waals surface area contributed by atoms with Gasteiger partial charge in [-0.3, -0.25) is 0 Å². The van der Waals surface area contributed by atoms with E-state index in [4.69, 9.17) is 4.74 Å². The molecular weight excluding hydrogens is 296 g/mol. The Morgan fingerprint density at radius 1 is 0.917 bits per heavy atom. The first-order chi connectivity index (χ1) is 11.9. The highest BCUT2D eigenvalue weighted by molar-refractivity contribution is 5.13. The smallest absolute Gasteiger partial charge is 0.245 e. The minimum atomic E-state index is 0.610. The van der Waals surface area contributed by atoms with Gasteiger partial charge in [0, 0.05) is 0 Å². The molecule has 1 heterocycles. The van der Waals surface area contributed by atoms with Crippen LogP contribution in [0.25, 0.3) is 0 Å². The molecule has 0 spiro atoms. The van der Waals surface area contributed by atoms with Crippen molar-refractivity contribution in [1.82, 2.24) is 4.57 Å². The van der Waals surface area contributed by atoms with Crippen molar-refractivity contribution in [2.24, 2.45) is 0 Å². The molecule has 0 aliphatic carbocycles. The quantitative estimate of drug-likeness (QED) is 0.370. The number of aromatic nitrogens is 2. The molecule has 24 heavy (non-hydrogen) atoms. The van der Waals surface area contributed by atoms with E-state index >= 15 is 0 Å². The Morgan fingerprint density at radius 2 is 1.62 bits per heavy atom. The number of rotatable bonds is 13. The monoisotopic (exact) mass is 329 g/mol. The van der Waals surface area contributed by atoms with Crippen molar-refractivity contribution in [2.75, 3.05) is 0 Å². The zero-order valence-electron chi connectivity index (χ0n) is 15.2. The fourth-order valence-electron chi connectivity index (χ4n) is 2.92. The average molecular weight is 330 g/mol. The highest BCUT2D eigenvalue weighted by atomic mass is 16.5. The minimum Gasteiger partial charge on any atom is -0.337 e. The number of ether oxygens (including phenoxy) is 1. The first kappa shape index (κ1) is 18.7. The summed E-state index contributed by atoms with van der Waals surface area (Å²) in [5, 5.41) is 0. The van der Waals surface area contributed by atoms with Gasteiger partial charge in [-0.2, -0.15) is 0 Å². The summed E-state index contributed by atoms with van der Waals surface area (Å²) in [6, 6.07) is 10.3. The highest BCUT2D eigenvalue weighted by Gasteiger charge is 2.03. The number of hydrogen-bond acceptors (Lipinski definition) is 1. The summed E-state index contributed by atoms with van der Waals surface area (Å²) in [5.74, 6) is 0. The molecule has 1 aromatic carbocycles. The van der Waals surface area contributed by atoms with Crippen molar-refractivity contribution in [3.05, 3.63) is 54.6 Å². The Morgan fingerprint density at radius 3 is 2.38 bits per heavy atom. The lowest BCUT2D eigenvalue weighted by Gasteiger charge is -2.01. The van der Waals surface area contributed by atoms with Crippen LogP contribution in [0.3, 0.4) is 0 Å². The van der Waals surface area contributed by atoms with Gasteiger partial charge in [-0.15, -0.1) is 0 Å². The van der Waals surface area contributed by atoms with E-state index in [2.05, 4.69) is 46.9 Å². The summed E-state index contributed by atoms with van der Waals surface area (Å²) in [5.41, 5.74) is 1.22. The maximum absolute atomic E-state index is 5.76. The molecule has 0 aliphatic heterocycles. The van der Waals surface area contributed by atoms with Crippen LogP contribution in [0.15, 0.2) is 49.1 Å². The van der Waals surface area contributed by atoms with E-state index in [1.807, 2.05) is 18.2 Å². The van der Waals surface area contributed by atoms with Crippen LogP contribution in [0.2, 0.25) is 0 Å². The molecule has 0 bridgehead atoms. The van der Waals surface area contributed by atoms with Gasteiger partial charge in [0.2, 0.25) is 6.33 Å². The molecule has 2 rings (SSSR count). The topological polar surface area (TPSA) is 18.0 Å². The predicted octanol–water partition coefficient (Wildman–Crippen LogP) is 5.09. The molecule has 1 aromatic heterocycles. The fraction of sp³-hybridized carbons (Fsp3) is 0.571. The molecule has 0 atom stereocenters. The van der Waals surface area contributed by atoms with Crippen LogP contribution in [0.1, 0.15) is 63.9 Å². The molecule has 3 nitrogen and oxygen atoms in total. The van der Waals surface area contributed by atoms with Crippen molar-refractivity contribution in [3.63, 3.8) is 0 Å². The van der Waals surface area contributed by atoms with E-state index in [0.29, 0.717) is 13.3 Å². The summed E-state index contributed by atoms with van der Waals surface area (Å²) in [4.78, 5) is 0. The molecule has 0 aliphatic rings. The second-order valence-corrected chi connectivity index (χ2v) is 6.60. The van der Waals surface area contributed by atoms with Crippen molar-refractivity contribution in [1.29, 1.82) is 0 Å². The molecule has 132 valence electrons. The van der Waals surface area contributed by atoms with Gasteiger partial charge >= 0.3 is 0 Å². The second-order valence-electron chi connectivity index (χ2n) is 6.60. The molecule has 0 saturated carbocycles. The third-order valence-corrected chi connectivity index (χ3v) is 4.37. The maximum atomic E-state index is 5.76. The zero-order chi connectivity index (χ0) is 16.9. The lowest BCUT2D eigenvalue weighted by molar-refractivity contribution is -0.733. The van der Waals surface area contributed by atoms with Crippen LogP contribution < -0.4 is 4.57 Å². The molecule has 0 N–H and O–H groups in total. The van der Waals surface area contributed by atoms with Gasteiger partial charge in [-0.1, -0.05) is 75.8 Å². The minimum absolute atomic E-state index is 0.610. The maximum Gasteiger partial charge on any atom is 0.245 e. The van der Waals surface area contributed by atoms with Gasteiger partial charge in [-0.05, 0) is 18.4 Å². The summed E-state index contributed by atoms with van der Waals surface area (Å²) in [6.07, 6.45) is 17.3. The van der Waals surface area contributed by atoms with Crippen LogP contribution in [-0.2, 0) is 24.6 Å². The molecule has 0 unspecified atom stereocenters. The normalized spacial score (nSPS) is 11.0. The molecular formula is C21H33N2O+. The number of aryl methyl sites for hydroxylation is 1. The zero-order valence-corrected chi connectivity index (χ0v) is 15.2. The summed E-state index contributed by atoms with van der Waals surface area (Å²) in [6.45, 7) is 4.66. The molecule has 0 amide bonds. The Bertz CT molecular complexity index is 536. The van der Waals surface area contributed by atoms with E-state index < -0.39 is 0 Å².